The highest BCUT2D eigenvalue weighted by Gasteiger charge is 2.52. The predicted octanol–water partition coefficient (Wildman–Crippen LogP) is 4.42. The van der Waals surface area contributed by atoms with Crippen molar-refractivity contribution in [1.82, 2.24) is 0 Å². The Balaban J connectivity index is 3.28. The van der Waals surface area contributed by atoms with E-state index in [1.165, 1.54) is 0 Å². The third kappa shape index (κ3) is 9.79. The number of hydrogen-bond acceptors (Lipinski definition) is 6. The molecule has 1 rings (SSSR count). The number of carbonyl (C=O) groups is 1. The maximum Gasteiger partial charge on any atom is 0.337 e. The first-order valence-corrected chi connectivity index (χ1v) is 23.8. The zero-order valence-electron chi connectivity index (χ0n) is 20.0. The molecule has 6 nitrogen and oxygen atoms in total. The lowest BCUT2D eigenvalue weighted by Gasteiger charge is -2.47. The van der Waals surface area contributed by atoms with E-state index >= 15 is 0 Å². The van der Waals surface area contributed by atoms with E-state index < -0.39 is 51.6 Å². The standard InChI is InChI=1S/C18H42O6Si4/c1-25(2,3)20-13-14-15(22-26(4,5)6)16(23-27(7,8)9)17(18(19)21-14)24-28(10,11)12/h14-17H,13H2,1-12H3/t14-,15?,16+,17?/m1/s1. The SMILES string of the molecule is C[Si](C)(C)OC[C@H]1OC(=O)C(O[Si](C)(C)C)[C@@H](O[Si](C)(C)C)C1O[Si](C)(C)C. The second-order valence-corrected chi connectivity index (χ2v) is 29.3. The molecule has 0 aromatic carbocycles. The van der Waals surface area contributed by atoms with Gasteiger partial charge in [0.1, 0.15) is 12.2 Å². The molecule has 1 saturated heterocycles. The van der Waals surface area contributed by atoms with Crippen LogP contribution in [0.5, 0.6) is 0 Å². The maximum absolute atomic E-state index is 12.9. The van der Waals surface area contributed by atoms with Crippen molar-refractivity contribution in [3.8, 4) is 0 Å². The minimum Gasteiger partial charge on any atom is -0.455 e. The van der Waals surface area contributed by atoms with Crippen molar-refractivity contribution in [3.63, 3.8) is 0 Å². The fraction of sp³-hybridized carbons (Fsp3) is 0.944. The second kappa shape index (κ2) is 9.12. The fourth-order valence-corrected chi connectivity index (χ4v) is 6.68. The summed E-state index contributed by atoms with van der Waals surface area (Å²) in [6.45, 7) is 25.7. The summed E-state index contributed by atoms with van der Waals surface area (Å²) in [6.07, 6.45) is -2.08. The van der Waals surface area contributed by atoms with Gasteiger partial charge in [0.05, 0.1) is 6.61 Å². The molecule has 10 heteroatoms. The van der Waals surface area contributed by atoms with E-state index in [0.717, 1.165) is 0 Å². The number of carbonyl (C=O) groups excluding carboxylic acids is 1. The van der Waals surface area contributed by atoms with Crippen molar-refractivity contribution < 1.29 is 27.2 Å². The van der Waals surface area contributed by atoms with Crippen LogP contribution in [0.25, 0.3) is 0 Å². The van der Waals surface area contributed by atoms with Crippen LogP contribution in [0.2, 0.25) is 78.6 Å². The third-order valence-corrected chi connectivity index (χ3v) is 7.58. The molecule has 0 aromatic heterocycles. The Morgan fingerprint density at radius 2 is 1.11 bits per heavy atom. The van der Waals surface area contributed by atoms with Crippen LogP contribution in [-0.2, 0) is 27.2 Å². The molecule has 0 radical (unpaired) electrons. The van der Waals surface area contributed by atoms with Crippen LogP contribution in [0.3, 0.4) is 0 Å². The van der Waals surface area contributed by atoms with Gasteiger partial charge in [-0.05, 0) is 78.6 Å². The van der Waals surface area contributed by atoms with Gasteiger partial charge in [-0.25, -0.2) is 4.79 Å². The van der Waals surface area contributed by atoms with Gasteiger partial charge >= 0.3 is 5.97 Å². The Morgan fingerprint density at radius 3 is 1.50 bits per heavy atom. The van der Waals surface area contributed by atoms with E-state index in [0.29, 0.717) is 6.61 Å². The summed E-state index contributed by atoms with van der Waals surface area (Å²) in [6, 6.07) is 0. The Kier molecular flexibility index (Phi) is 8.54. The Bertz CT molecular complexity index is 530. The van der Waals surface area contributed by atoms with Crippen LogP contribution < -0.4 is 0 Å². The molecule has 4 atom stereocenters. The molecule has 0 spiro atoms. The van der Waals surface area contributed by atoms with Gasteiger partial charge in [0.25, 0.3) is 0 Å². The van der Waals surface area contributed by atoms with E-state index in [1.807, 2.05) is 0 Å². The van der Waals surface area contributed by atoms with Crippen molar-refractivity contribution in [3.05, 3.63) is 0 Å². The molecular weight excluding hydrogens is 425 g/mol. The molecule has 0 N–H and O–H groups in total. The van der Waals surface area contributed by atoms with Gasteiger partial charge in [0.15, 0.2) is 45.5 Å². The van der Waals surface area contributed by atoms with Gasteiger partial charge in [-0.3, -0.25) is 0 Å². The van der Waals surface area contributed by atoms with E-state index in [4.69, 9.17) is 22.4 Å². The van der Waals surface area contributed by atoms with Crippen molar-refractivity contribution in [2.24, 2.45) is 0 Å². The third-order valence-electron chi connectivity index (χ3n) is 3.63. The van der Waals surface area contributed by atoms with E-state index in [-0.39, 0.29) is 12.1 Å². The summed E-state index contributed by atoms with van der Waals surface area (Å²) < 4.78 is 31.2. The molecule has 1 aliphatic heterocycles. The van der Waals surface area contributed by atoms with Crippen molar-refractivity contribution >= 4 is 39.2 Å². The quantitative estimate of drug-likeness (QED) is 0.370. The summed E-state index contributed by atoms with van der Waals surface area (Å²) in [4.78, 5) is 12.9. The molecule has 0 saturated carbocycles. The van der Waals surface area contributed by atoms with Crippen molar-refractivity contribution in [1.29, 1.82) is 0 Å². The lowest BCUT2D eigenvalue weighted by molar-refractivity contribution is -0.198. The number of rotatable bonds is 9. The van der Waals surface area contributed by atoms with E-state index in [1.54, 1.807) is 0 Å². The van der Waals surface area contributed by atoms with Gasteiger partial charge in [0.2, 0.25) is 0 Å². The van der Waals surface area contributed by atoms with E-state index in [9.17, 15) is 4.79 Å². The molecule has 0 amide bonds. The van der Waals surface area contributed by atoms with Crippen LogP contribution >= 0.6 is 0 Å². The van der Waals surface area contributed by atoms with E-state index in [2.05, 4.69) is 78.6 Å². The highest BCUT2D eigenvalue weighted by atomic mass is 28.4. The summed E-state index contributed by atoms with van der Waals surface area (Å²) in [5.41, 5.74) is 0. The highest BCUT2D eigenvalue weighted by molar-refractivity contribution is 6.71. The smallest absolute Gasteiger partial charge is 0.337 e. The molecule has 1 heterocycles. The molecule has 166 valence electrons. The van der Waals surface area contributed by atoms with Gasteiger partial charge in [0, 0.05) is 0 Å². The zero-order valence-corrected chi connectivity index (χ0v) is 24.0. The molecule has 0 aromatic rings. The average molecular weight is 467 g/mol. The molecule has 1 aliphatic rings. The van der Waals surface area contributed by atoms with Gasteiger partial charge in [-0.15, -0.1) is 0 Å². The van der Waals surface area contributed by atoms with Gasteiger partial charge < -0.3 is 22.4 Å². The second-order valence-electron chi connectivity index (χ2n) is 11.4. The first-order chi connectivity index (χ1) is 12.3. The molecule has 2 unspecified atom stereocenters. The first kappa shape index (κ1) is 26.2. The minimum atomic E-state index is -2.00. The number of hydrogen-bond donors (Lipinski definition) is 0. The largest absolute Gasteiger partial charge is 0.455 e. The summed E-state index contributed by atoms with van der Waals surface area (Å²) in [5, 5.41) is 0. The Labute approximate surface area is 176 Å². The summed E-state index contributed by atoms with van der Waals surface area (Å²) in [5.74, 6) is -0.356. The Hall–Kier alpha value is 0.178. The molecular formula is C18H42O6Si4. The fourth-order valence-electron chi connectivity index (χ4n) is 2.85. The van der Waals surface area contributed by atoms with Crippen molar-refractivity contribution in [2.45, 2.75) is 103 Å². The summed E-state index contributed by atoms with van der Waals surface area (Å²) >= 11 is 0. The van der Waals surface area contributed by atoms with Crippen LogP contribution in [0.1, 0.15) is 0 Å². The number of ether oxygens (including phenoxy) is 1. The molecule has 1 fully saturated rings. The monoisotopic (exact) mass is 466 g/mol. The molecule has 0 bridgehead atoms. The zero-order chi connectivity index (χ0) is 22.1. The van der Waals surface area contributed by atoms with Crippen molar-refractivity contribution in [2.75, 3.05) is 6.61 Å². The average Bonchev–Trinajstić information content (AvgIpc) is 2.39. The Morgan fingerprint density at radius 1 is 0.679 bits per heavy atom. The maximum atomic E-state index is 12.9. The van der Waals surface area contributed by atoms with Gasteiger partial charge in [-0.1, -0.05) is 0 Å². The predicted molar refractivity (Wildman–Crippen MR) is 124 cm³/mol. The van der Waals surface area contributed by atoms with Crippen LogP contribution in [0.4, 0.5) is 0 Å². The molecule has 0 aliphatic carbocycles. The van der Waals surface area contributed by atoms with Crippen LogP contribution in [0.15, 0.2) is 0 Å². The lowest BCUT2D eigenvalue weighted by Crippen LogP contribution is -2.64. The minimum absolute atomic E-state index is 0.335. The topological polar surface area (TPSA) is 63.2 Å². The summed E-state index contributed by atoms with van der Waals surface area (Å²) in [7, 11) is -7.66. The van der Waals surface area contributed by atoms with Crippen LogP contribution in [-0.4, -0.2) is 70.3 Å². The van der Waals surface area contributed by atoms with Gasteiger partial charge in [-0.2, -0.15) is 0 Å². The highest BCUT2D eigenvalue weighted by Crippen LogP contribution is 2.31. The lowest BCUT2D eigenvalue weighted by atomic mass is 10.0. The van der Waals surface area contributed by atoms with Crippen LogP contribution in [0, 0.1) is 0 Å². The number of cyclic esters (lactones) is 1. The normalized spacial score (nSPS) is 27.6. The molecule has 28 heavy (non-hydrogen) atoms. The first-order valence-electron chi connectivity index (χ1n) is 10.2. The number of esters is 1.